The monoisotopic (exact) mass is 403 g/mol. The van der Waals surface area contributed by atoms with Crippen molar-refractivity contribution in [3.8, 4) is 0 Å². The predicted molar refractivity (Wildman–Crippen MR) is 107 cm³/mol. The lowest BCUT2D eigenvalue weighted by Crippen LogP contribution is -2.50. The Labute approximate surface area is 167 Å². The van der Waals surface area contributed by atoms with E-state index in [0.29, 0.717) is 38.4 Å². The van der Waals surface area contributed by atoms with Crippen LogP contribution >= 0.6 is 11.3 Å². The van der Waals surface area contributed by atoms with E-state index in [9.17, 15) is 14.4 Å². The van der Waals surface area contributed by atoms with E-state index in [1.54, 1.807) is 6.92 Å². The molecule has 1 amide bonds. The number of hydrogen-bond acceptors (Lipinski definition) is 6. The normalized spacial score (nSPS) is 22.1. The van der Waals surface area contributed by atoms with Crippen molar-refractivity contribution in [1.29, 1.82) is 0 Å². The Balaban J connectivity index is 1.71. The summed E-state index contributed by atoms with van der Waals surface area (Å²) < 4.78 is 4.90. The molecule has 8 heteroatoms. The molecular weight excluding hydrogens is 378 g/mol. The van der Waals surface area contributed by atoms with Gasteiger partial charge in [0.15, 0.2) is 0 Å². The van der Waals surface area contributed by atoms with Gasteiger partial charge in [0.25, 0.3) is 5.56 Å². The van der Waals surface area contributed by atoms with E-state index < -0.39 is 5.97 Å². The van der Waals surface area contributed by atoms with Gasteiger partial charge in [-0.25, -0.2) is 9.78 Å². The lowest BCUT2D eigenvalue weighted by molar-refractivity contribution is -0.136. The van der Waals surface area contributed by atoms with E-state index in [2.05, 4.69) is 9.97 Å². The van der Waals surface area contributed by atoms with Crippen molar-refractivity contribution < 1.29 is 14.3 Å². The summed E-state index contributed by atoms with van der Waals surface area (Å²) in [7, 11) is 1.30. The summed E-state index contributed by atoms with van der Waals surface area (Å²) in [5, 5.41) is 0.335. The van der Waals surface area contributed by atoms with E-state index in [0.717, 1.165) is 37.1 Å². The fraction of sp³-hybridized carbons (Fsp3) is 0.600. The number of fused-ring (bicyclic) bond motifs is 2. The largest absolute Gasteiger partial charge is 0.465 e. The molecule has 28 heavy (non-hydrogen) atoms. The Hall–Kier alpha value is -2.22. The van der Waals surface area contributed by atoms with E-state index in [1.807, 2.05) is 4.90 Å². The number of hydrogen-bond donors (Lipinski definition) is 1. The molecule has 2 aromatic rings. The molecule has 1 aliphatic heterocycles. The van der Waals surface area contributed by atoms with Crippen LogP contribution in [0.1, 0.15) is 59.6 Å². The zero-order chi connectivity index (χ0) is 19.8. The first kappa shape index (κ1) is 19.1. The summed E-state index contributed by atoms with van der Waals surface area (Å²) in [5.41, 5.74) is 0.134. The van der Waals surface area contributed by atoms with Crippen LogP contribution in [-0.4, -0.2) is 46.4 Å². The van der Waals surface area contributed by atoms with Crippen LogP contribution in [0.5, 0.6) is 0 Å². The second-order valence-corrected chi connectivity index (χ2v) is 8.75. The number of aromatic nitrogens is 2. The third-order valence-electron chi connectivity index (χ3n) is 6.04. The fourth-order valence-electron chi connectivity index (χ4n) is 4.79. The lowest BCUT2D eigenvalue weighted by atomic mass is 9.78. The lowest BCUT2D eigenvalue weighted by Gasteiger charge is -2.44. The number of nitrogens with one attached hydrogen (secondary N) is 1. The van der Waals surface area contributed by atoms with Crippen LogP contribution in [0.2, 0.25) is 0 Å². The van der Waals surface area contributed by atoms with Crippen LogP contribution in [0.4, 0.5) is 0 Å². The Morgan fingerprint density at radius 2 is 2.00 bits per heavy atom. The highest BCUT2D eigenvalue weighted by Gasteiger charge is 2.36. The molecule has 4 rings (SSSR count). The predicted octanol–water partition coefficient (Wildman–Crippen LogP) is 2.80. The molecule has 0 radical (unpaired) electrons. The number of likely N-dealkylation sites (tertiary alicyclic amines) is 1. The summed E-state index contributed by atoms with van der Waals surface area (Å²) in [5.74, 6) is 0.519. The summed E-state index contributed by atoms with van der Waals surface area (Å²) in [6, 6.07) is 0.292. The summed E-state index contributed by atoms with van der Waals surface area (Å²) in [4.78, 5) is 47.9. The third-order valence-corrected chi connectivity index (χ3v) is 7.15. The number of aromatic amines is 1. The first-order chi connectivity index (χ1) is 13.5. The second-order valence-electron chi connectivity index (χ2n) is 7.75. The number of aryl methyl sites for hydroxylation is 1. The van der Waals surface area contributed by atoms with Crippen molar-refractivity contribution >= 4 is 33.4 Å². The van der Waals surface area contributed by atoms with E-state index in [1.165, 1.54) is 26.4 Å². The highest BCUT2D eigenvalue weighted by molar-refractivity contribution is 7.20. The van der Waals surface area contributed by atoms with Crippen LogP contribution in [-0.2, 0) is 16.0 Å². The van der Waals surface area contributed by atoms with Gasteiger partial charge < -0.3 is 14.6 Å². The number of nitrogens with zero attached hydrogens (tertiary/aromatic N) is 2. The highest BCUT2D eigenvalue weighted by Crippen LogP contribution is 2.36. The molecular formula is C20H25N3O4S. The van der Waals surface area contributed by atoms with Gasteiger partial charge in [0, 0.05) is 18.2 Å². The maximum atomic E-state index is 13.3. The van der Waals surface area contributed by atoms with E-state index >= 15 is 0 Å². The van der Waals surface area contributed by atoms with Crippen molar-refractivity contribution in [2.45, 2.75) is 57.9 Å². The molecule has 150 valence electrons. The Morgan fingerprint density at radius 3 is 2.79 bits per heavy atom. The van der Waals surface area contributed by atoms with Gasteiger partial charge in [-0.05, 0) is 38.5 Å². The molecule has 0 spiro atoms. The fourth-order valence-corrected chi connectivity index (χ4v) is 5.94. The zero-order valence-corrected chi connectivity index (χ0v) is 17.1. The van der Waals surface area contributed by atoms with Crippen LogP contribution in [0.15, 0.2) is 4.79 Å². The van der Waals surface area contributed by atoms with Gasteiger partial charge in [-0.1, -0.05) is 12.8 Å². The SMILES string of the molecule is COC(=O)c1sc2nc(C)[nH]c(=O)c2c1CC(=O)N1CCC[C@@H]2CCCC[C@H]21. The third kappa shape index (κ3) is 3.34. The van der Waals surface area contributed by atoms with Crippen LogP contribution < -0.4 is 5.56 Å². The number of rotatable bonds is 3. The summed E-state index contributed by atoms with van der Waals surface area (Å²) in [6.07, 6.45) is 6.86. The first-order valence-corrected chi connectivity index (χ1v) is 10.7. The quantitative estimate of drug-likeness (QED) is 0.796. The molecule has 0 unspecified atom stereocenters. The number of piperidine rings is 1. The Kier molecular flexibility index (Phi) is 5.23. The number of carbonyl (C=O) groups excluding carboxylic acids is 2. The smallest absolute Gasteiger partial charge is 0.348 e. The molecule has 7 nitrogen and oxygen atoms in total. The molecule has 2 fully saturated rings. The molecule has 3 heterocycles. The van der Waals surface area contributed by atoms with Crippen molar-refractivity contribution in [2.75, 3.05) is 13.7 Å². The number of H-pyrrole nitrogens is 1. The minimum absolute atomic E-state index is 0.0126. The van der Waals surface area contributed by atoms with E-state index in [4.69, 9.17) is 4.74 Å². The Morgan fingerprint density at radius 1 is 1.25 bits per heavy atom. The molecule has 2 aliphatic rings. The van der Waals surface area contributed by atoms with Gasteiger partial charge in [0.05, 0.1) is 18.9 Å². The van der Waals surface area contributed by atoms with Crippen molar-refractivity contribution in [2.24, 2.45) is 5.92 Å². The molecule has 0 bridgehead atoms. The molecule has 2 aromatic heterocycles. The van der Waals surface area contributed by atoms with Gasteiger partial charge in [0.1, 0.15) is 15.5 Å². The number of amides is 1. The minimum atomic E-state index is -0.531. The maximum absolute atomic E-state index is 13.3. The van der Waals surface area contributed by atoms with Crippen molar-refractivity contribution in [1.82, 2.24) is 14.9 Å². The average molecular weight is 404 g/mol. The number of methoxy groups -OCH3 is 1. The van der Waals surface area contributed by atoms with Crippen LogP contribution in [0.25, 0.3) is 10.2 Å². The van der Waals surface area contributed by atoms with Gasteiger partial charge in [-0.3, -0.25) is 9.59 Å². The number of ether oxygens (including phenoxy) is 1. The molecule has 1 saturated carbocycles. The van der Waals surface area contributed by atoms with Gasteiger partial charge >= 0.3 is 5.97 Å². The van der Waals surface area contributed by atoms with Gasteiger partial charge in [-0.15, -0.1) is 11.3 Å². The van der Waals surface area contributed by atoms with Gasteiger partial charge in [0.2, 0.25) is 5.91 Å². The van der Waals surface area contributed by atoms with Crippen LogP contribution in [0, 0.1) is 12.8 Å². The molecule has 0 aromatic carbocycles. The second kappa shape index (κ2) is 7.66. The first-order valence-electron chi connectivity index (χ1n) is 9.89. The van der Waals surface area contributed by atoms with Crippen molar-refractivity contribution in [3.05, 3.63) is 26.6 Å². The van der Waals surface area contributed by atoms with Gasteiger partial charge in [-0.2, -0.15) is 0 Å². The summed E-state index contributed by atoms with van der Waals surface area (Å²) in [6.45, 7) is 2.45. The van der Waals surface area contributed by atoms with Crippen molar-refractivity contribution in [3.63, 3.8) is 0 Å². The number of thiophene rings is 1. The molecule has 1 N–H and O–H groups in total. The molecule has 1 saturated heterocycles. The maximum Gasteiger partial charge on any atom is 0.348 e. The van der Waals surface area contributed by atoms with Crippen LogP contribution in [0.3, 0.4) is 0 Å². The summed E-state index contributed by atoms with van der Waals surface area (Å²) >= 11 is 1.12. The number of esters is 1. The average Bonchev–Trinajstić information content (AvgIpc) is 3.05. The Bertz CT molecular complexity index is 978. The molecule has 1 aliphatic carbocycles. The standard InChI is InChI=1S/C20H25N3O4S/c1-11-21-18(25)16-13(17(20(26)27-2)28-19(16)22-11)10-15(24)23-9-5-7-12-6-3-4-8-14(12)23/h12,14H,3-10H2,1-2H3,(H,21,22,25)/t12-,14+/m0/s1. The minimum Gasteiger partial charge on any atom is -0.465 e. The van der Waals surface area contributed by atoms with E-state index in [-0.39, 0.29) is 17.9 Å². The highest BCUT2D eigenvalue weighted by atomic mass is 32.1. The molecule has 2 atom stereocenters. The zero-order valence-electron chi connectivity index (χ0n) is 16.2. The topological polar surface area (TPSA) is 92.4 Å². The number of carbonyl (C=O) groups is 2.